The van der Waals surface area contributed by atoms with Crippen LogP contribution in [0.4, 0.5) is 13.2 Å². The third-order valence-corrected chi connectivity index (χ3v) is 5.07. The van der Waals surface area contributed by atoms with Crippen LogP contribution in [0.1, 0.15) is 26.6 Å². The Labute approximate surface area is 191 Å². The first-order valence-electron chi connectivity index (χ1n) is 9.71. The van der Waals surface area contributed by atoms with Gasteiger partial charge in [0.25, 0.3) is 11.8 Å². The molecular weight excluding hydrogens is 459 g/mol. The summed E-state index contributed by atoms with van der Waals surface area (Å²) >= 11 is 1.23. The number of thiazole rings is 1. The number of hydrogen-bond acceptors (Lipinski definition) is 6. The van der Waals surface area contributed by atoms with Crippen LogP contribution in [0.25, 0.3) is 0 Å². The number of nitrogens with one attached hydrogen (secondary N) is 2. The summed E-state index contributed by atoms with van der Waals surface area (Å²) in [6.07, 6.45) is -4.78. The number of ether oxygens (including phenoxy) is 2. The van der Waals surface area contributed by atoms with Gasteiger partial charge in [-0.05, 0) is 36.8 Å². The zero-order valence-electron chi connectivity index (χ0n) is 17.4. The second-order valence-corrected chi connectivity index (χ2v) is 7.82. The second kappa shape index (κ2) is 10.8. The number of carbonyl (C=O) groups excluding carboxylic acids is 2. The lowest BCUT2D eigenvalue weighted by Crippen LogP contribution is -2.28. The number of aryl methyl sites for hydroxylation is 1. The summed E-state index contributed by atoms with van der Waals surface area (Å²) < 4.78 is 45.5. The number of aromatic nitrogens is 1. The molecule has 0 aliphatic heterocycles. The number of alkyl halides is 3. The fraction of sp³-hybridized carbons (Fsp3) is 0.227. The summed E-state index contributed by atoms with van der Waals surface area (Å²) in [6.45, 7) is 2.13. The predicted octanol–water partition coefficient (Wildman–Crippen LogP) is 3.98. The Balaban J connectivity index is 1.40. The van der Waals surface area contributed by atoms with Gasteiger partial charge in [-0.25, -0.2) is 4.98 Å². The number of rotatable bonds is 9. The molecule has 7 nitrogen and oxygen atoms in total. The first-order valence-corrected chi connectivity index (χ1v) is 10.6. The van der Waals surface area contributed by atoms with Crippen LogP contribution < -0.4 is 20.1 Å². The van der Waals surface area contributed by atoms with Gasteiger partial charge < -0.3 is 20.1 Å². The molecule has 0 aliphatic carbocycles. The van der Waals surface area contributed by atoms with E-state index in [1.54, 1.807) is 5.38 Å². The summed E-state index contributed by atoms with van der Waals surface area (Å²) in [6, 6.07) is 12.5. The van der Waals surface area contributed by atoms with Gasteiger partial charge in [0.15, 0.2) is 6.61 Å². The fourth-order valence-electron chi connectivity index (χ4n) is 2.59. The van der Waals surface area contributed by atoms with E-state index in [0.717, 1.165) is 23.3 Å². The molecule has 0 fully saturated rings. The molecule has 0 bridgehead atoms. The van der Waals surface area contributed by atoms with E-state index in [-0.39, 0.29) is 36.3 Å². The minimum Gasteiger partial charge on any atom is -0.484 e. The van der Waals surface area contributed by atoms with Gasteiger partial charge in [0.05, 0.1) is 6.54 Å². The summed E-state index contributed by atoms with van der Waals surface area (Å²) in [5.41, 5.74) is 2.36. The molecular formula is C22H20F3N3O4S. The molecule has 0 atom stereocenters. The van der Waals surface area contributed by atoms with Crippen molar-refractivity contribution in [3.63, 3.8) is 0 Å². The topological polar surface area (TPSA) is 89.6 Å². The molecule has 2 N–H and O–H groups in total. The molecule has 11 heteroatoms. The Morgan fingerprint density at radius 2 is 1.64 bits per heavy atom. The minimum absolute atomic E-state index is 0.108. The Kier molecular flexibility index (Phi) is 7.88. The Morgan fingerprint density at radius 3 is 2.30 bits per heavy atom. The van der Waals surface area contributed by atoms with Crippen LogP contribution in [0.5, 0.6) is 11.5 Å². The van der Waals surface area contributed by atoms with Crippen LogP contribution in [0, 0.1) is 6.92 Å². The number of halogens is 3. The van der Waals surface area contributed by atoms with Gasteiger partial charge in [0, 0.05) is 11.9 Å². The van der Waals surface area contributed by atoms with Gasteiger partial charge in [-0.15, -0.1) is 24.5 Å². The molecule has 0 spiro atoms. The number of benzene rings is 2. The van der Waals surface area contributed by atoms with Crippen molar-refractivity contribution in [3.8, 4) is 11.5 Å². The van der Waals surface area contributed by atoms with E-state index in [1.165, 1.54) is 23.5 Å². The number of carbonyl (C=O) groups is 2. The standard InChI is InChI=1S/C22H20F3N3O4S/c1-14-2-4-15(5-3-14)10-27-21(30)18-13-33-20(28-18)11-26-19(29)12-31-16-6-8-17(9-7-16)32-22(23,24)25/h2-9,13H,10-12H2,1H3,(H,26,29)(H,27,30). The van der Waals surface area contributed by atoms with Crippen LogP contribution in [-0.2, 0) is 17.9 Å². The van der Waals surface area contributed by atoms with Crippen molar-refractivity contribution in [3.05, 3.63) is 75.7 Å². The first kappa shape index (κ1) is 24.1. The first-order chi connectivity index (χ1) is 15.7. The van der Waals surface area contributed by atoms with Crippen molar-refractivity contribution in [1.82, 2.24) is 15.6 Å². The van der Waals surface area contributed by atoms with E-state index < -0.39 is 12.3 Å². The van der Waals surface area contributed by atoms with E-state index in [2.05, 4.69) is 20.4 Å². The van der Waals surface area contributed by atoms with Crippen molar-refractivity contribution in [1.29, 1.82) is 0 Å². The summed E-state index contributed by atoms with van der Waals surface area (Å²) in [7, 11) is 0. The Hall–Kier alpha value is -3.60. The van der Waals surface area contributed by atoms with Crippen LogP contribution in [0.3, 0.4) is 0 Å². The maximum absolute atomic E-state index is 12.3. The number of hydrogen-bond donors (Lipinski definition) is 2. The van der Waals surface area contributed by atoms with E-state index in [4.69, 9.17) is 4.74 Å². The molecule has 2 aromatic carbocycles. The van der Waals surface area contributed by atoms with E-state index in [1.807, 2.05) is 31.2 Å². The second-order valence-electron chi connectivity index (χ2n) is 6.88. The number of amides is 2. The van der Waals surface area contributed by atoms with Crippen molar-refractivity contribution in [2.45, 2.75) is 26.4 Å². The van der Waals surface area contributed by atoms with Crippen LogP contribution in [0.2, 0.25) is 0 Å². The summed E-state index contributed by atoms with van der Waals surface area (Å²) in [4.78, 5) is 28.4. The normalized spacial score (nSPS) is 11.0. The molecule has 0 saturated heterocycles. The summed E-state index contributed by atoms with van der Waals surface area (Å²) in [5.74, 6) is -0.944. The molecule has 0 radical (unpaired) electrons. The summed E-state index contributed by atoms with van der Waals surface area (Å²) in [5, 5.41) is 7.54. The average molecular weight is 479 g/mol. The zero-order valence-corrected chi connectivity index (χ0v) is 18.3. The fourth-order valence-corrected chi connectivity index (χ4v) is 3.30. The maximum atomic E-state index is 12.3. The van der Waals surface area contributed by atoms with Gasteiger partial charge in [0.1, 0.15) is 22.2 Å². The van der Waals surface area contributed by atoms with Gasteiger partial charge >= 0.3 is 6.36 Å². The molecule has 3 rings (SSSR count). The van der Waals surface area contributed by atoms with Gasteiger partial charge in [0.2, 0.25) is 0 Å². The zero-order chi connectivity index (χ0) is 23.8. The smallest absolute Gasteiger partial charge is 0.484 e. The third kappa shape index (κ3) is 8.11. The van der Waals surface area contributed by atoms with E-state index >= 15 is 0 Å². The molecule has 0 aliphatic rings. The third-order valence-electron chi connectivity index (χ3n) is 4.22. The monoisotopic (exact) mass is 479 g/mol. The highest BCUT2D eigenvalue weighted by Crippen LogP contribution is 2.24. The largest absolute Gasteiger partial charge is 0.573 e. The molecule has 0 saturated carbocycles. The minimum atomic E-state index is -4.78. The Bertz CT molecular complexity index is 1080. The average Bonchev–Trinajstić information content (AvgIpc) is 3.25. The molecule has 2 amide bonds. The maximum Gasteiger partial charge on any atom is 0.573 e. The molecule has 33 heavy (non-hydrogen) atoms. The van der Waals surface area contributed by atoms with Gasteiger partial charge in [-0.2, -0.15) is 0 Å². The highest BCUT2D eigenvalue weighted by molar-refractivity contribution is 7.09. The lowest BCUT2D eigenvalue weighted by atomic mass is 10.1. The van der Waals surface area contributed by atoms with Crippen molar-refractivity contribution < 1.29 is 32.2 Å². The highest BCUT2D eigenvalue weighted by Gasteiger charge is 2.31. The predicted molar refractivity (Wildman–Crippen MR) is 115 cm³/mol. The SMILES string of the molecule is Cc1ccc(CNC(=O)c2csc(CNC(=O)COc3ccc(OC(F)(F)F)cc3)n2)cc1. The lowest BCUT2D eigenvalue weighted by molar-refractivity contribution is -0.274. The lowest BCUT2D eigenvalue weighted by Gasteiger charge is -2.10. The molecule has 0 unspecified atom stereocenters. The van der Waals surface area contributed by atoms with Crippen LogP contribution >= 0.6 is 11.3 Å². The van der Waals surface area contributed by atoms with Crippen LogP contribution in [-0.4, -0.2) is 29.8 Å². The molecule has 1 heterocycles. The van der Waals surface area contributed by atoms with Gasteiger partial charge in [-0.1, -0.05) is 29.8 Å². The molecule has 3 aromatic rings. The van der Waals surface area contributed by atoms with Crippen LogP contribution in [0.15, 0.2) is 53.9 Å². The molecule has 174 valence electrons. The van der Waals surface area contributed by atoms with Crippen molar-refractivity contribution in [2.75, 3.05) is 6.61 Å². The van der Waals surface area contributed by atoms with E-state index in [0.29, 0.717) is 11.6 Å². The number of nitrogens with zero attached hydrogens (tertiary/aromatic N) is 1. The molecule has 1 aromatic heterocycles. The van der Waals surface area contributed by atoms with Crippen molar-refractivity contribution >= 4 is 23.2 Å². The highest BCUT2D eigenvalue weighted by atomic mass is 32.1. The quantitative estimate of drug-likeness (QED) is 0.485. The Morgan fingerprint density at radius 1 is 0.970 bits per heavy atom. The van der Waals surface area contributed by atoms with Crippen molar-refractivity contribution in [2.24, 2.45) is 0 Å². The van der Waals surface area contributed by atoms with E-state index in [9.17, 15) is 22.8 Å². The van der Waals surface area contributed by atoms with Gasteiger partial charge in [-0.3, -0.25) is 9.59 Å².